The maximum Gasteiger partial charge on any atom is 0.262 e. The molecular weight excluding hydrogens is 441 g/mol. The minimum absolute atomic E-state index is 0.0138. The van der Waals surface area contributed by atoms with Crippen LogP contribution >= 0.6 is 22.6 Å². The highest BCUT2D eigenvalue weighted by molar-refractivity contribution is 14.1. The molecule has 0 aliphatic rings. The molecule has 0 fully saturated rings. The third-order valence-electron chi connectivity index (χ3n) is 3.83. The minimum Gasteiger partial charge on any atom is -0.345 e. The number of rotatable bonds is 7. The van der Waals surface area contributed by atoms with Crippen molar-refractivity contribution in [3.8, 4) is 6.07 Å². The third kappa shape index (κ3) is 5.23. The van der Waals surface area contributed by atoms with Crippen molar-refractivity contribution >= 4 is 40.3 Å². The van der Waals surface area contributed by atoms with Gasteiger partial charge in [0.05, 0.1) is 6.04 Å². The number of nitrogens with one attached hydrogen (secondary N) is 1. The predicted molar refractivity (Wildman–Crippen MR) is 110 cm³/mol. The molecule has 1 atom stereocenters. The van der Waals surface area contributed by atoms with Crippen LogP contribution in [0.1, 0.15) is 36.9 Å². The summed E-state index contributed by atoms with van der Waals surface area (Å²) in [6.45, 7) is 2.04. The lowest BCUT2D eigenvalue weighted by Gasteiger charge is -2.18. The molecule has 26 heavy (non-hydrogen) atoms. The summed E-state index contributed by atoms with van der Waals surface area (Å²) in [5.74, 6) is -0.436. The zero-order valence-electron chi connectivity index (χ0n) is 14.3. The zero-order valence-corrected chi connectivity index (χ0v) is 16.4. The average molecular weight is 459 g/mol. The van der Waals surface area contributed by atoms with Crippen LogP contribution in [0.15, 0.2) is 59.3 Å². The van der Waals surface area contributed by atoms with Gasteiger partial charge in [-0.05, 0) is 63.5 Å². The van der Waals surface area contributed by atoms with Crippen LogP contribution in [0.2, 0.25) is 0 Å². The van der Waals surface area contributed by atoms with Gasteiger partial charge in [-0.15, -0.1) is 4.91 Å². The van der Waals surface area contributed by atoms with Gasteiger partial charge >= 0.3 is 0 Å². The molecule has 0 aliphatic heterocycles. The van der Waals surface area contributed by atoms with E-state index in [1.54, 1.807) is 18.2 Å². The second kappa shape index (κ2) is 9.82. The summed E-state index contributed by atoms with van der Waals surface area (Å²) in [4.78, 5) is 23.4. The highest BCUT2D eigenvalue weighted by atomic mass is 127. The van der Waals surface area contributed by atoms with Crippen LogP contribution in [-0.2, 0) is 4.79 Å². The first kappa shape index (κ1) is 19.8. The molecule has 0 unspecified atom stereocenters. The standard InChI is InChI=1S/C20H18IN3O2/c1-2-6-18(15-7-4-3-5-8-15)23-20(25)16(13-22)11-14-9-10-17(21)19(12-14)24-26/h3-5,7-12,18H,2,6H2,1H3,(H,23,25)/b16-11+/t18-/m0/s1. The molecule has 132 valence electrons. The van der Waals surface area contributed by atoms with Gasteiger partial charge in [-0.3, -0.25) is 4.79 Å². The van der Waals surface area contributed by atoms with E-state index in [1.807, 2.05) is 65.9 Å². The van der Waals surface area contributed by atoms with E-state index in [2.05, 4.69) is 10.5 Å². The molecule has 6 heteroatoms. The molecule has 5 nitrogen and oxygen atoms in total. The maximum absolute atomic E-state index is 12.6. The Bertz CT molecular complexity index is 857. The second-order valence-corrected chi connectivity index (χ2v) is 6.86. The van der Waals surface area contributed by atoms with Crippen molar-refractivity contribution in [3.05, 3.63) is 73.7 Å². The summed E-state index contributed by atoms with van der Waals surface area (Å²) in [6.07, 6.45) is 3.14. The highest BCUT2D eigenvalue weighted by Gasteiger charge is 2.17. The number of nitriles is 1. The fourth-order valence-corrected chi connectivity index (χ4v) is 2.97. The third-order valence-corrected chi connectivity index (χ3v) is 4.74. The normalized spacial score (nSPS) is 12.1. The van der Waals surface area contributed by atoms with Crippen LogP contribution in [0.4, 0.5) is 5.69 Å². The Balaban J connectivity index is 2.24. The Morgan fingerprint density at radius 2 is 2.04 bits per heavy atom. The van der Waals surface area contributed by atoms with Gasteiger partial charge in [0.15, 0.2) is 0 Å². The number of nitrogens with zero attached hydrogens (tertiary/aromatic N) is 2. The SMILES string of the molecule is CCC[C@H](NC(=O)/C(C#N)=C/c1ccc(I)c(N=O)c1)c1ccccc1. The van der Waals surface area contributed by atoms with Gasteiger partial charge in [-0.25, -0.2) is 0 Å². The molecule has 0 radical (unpaired) electrons. The molecule has 0 aliphatic carbocycles. The smallest absolute Gasteiger partial charge is 0.262 e. The number of halogens is 1. The van der Waals surface area contributed by atoms with Crippen molar-refractivity contribution in [2.75, 3.05) is 0 Å². The van der Waals surface area contributed by atoms with Gasteiger partial charge in [0.2, 0.25) is 0 Å². The Hall–Kier alpha value is -2.53. The van der Waals surface area contributed by atoms with Crippen molar-refractivity contribution in [2.45, 2.75) is 25.8 Å². The first-order chi connectivity index (χ1) is 12.6. The summed E-state index contributed by atoms with van der Waals surface area (Å²) >= 11 is 2.01. The number of amides is 1. The number of carbonyl (C=O) groups is 1. The lowest BCUT2D eigenvalue weighted by molar-refractivity contribution is -0.117. The van der Waals surface area contributed by atoms with Gasteiger partial charge in [0.25, 0.3) is 5.91 Å². The largest absolute Gasteiger partial charge is 0.345 e. The minimum atomic E-state index is -0.436. The molecule has 2 rings (SSSR count). The number of benzene rings is 2. The van der Waals surface area contributed by atoms with Gasteiger partial charge < -0.3 is 5.32 Å². The van der Waals surface area contributed by atoms with Gasteiger partial charge in [0.1, 0.15) is 17.3 Å². The molecule has 0 saturated carbocycles. The van der Waals surface area contributed by atoms with Crippen LogP contribution in [0.25, 0.3) is 6.08 Å². The van der Waals surface area contributed by atoms with Gasteiger partial charge in [-0.1, -0.05) is 49.7 Å². The quantitative estimate of drug-likeness (QED) is 0.266. The summed E-state index contributed by atoms with van der Waals surface area (Å²) in [5, 5.41) is 15.3. The molecule has 2 aromatic carbocycles. The topological polar surface area (TPSA) is 82.3 Å². The van der Waals surface area contributed by atoms with E-state index < -0.39 is 5.91 Å². The molecule has 0 saturated heterocycles. The molecule has 0 aromatic heterocycles. The van der Waals surface area contributed by atoms with E-state index in [0.29, 0.717) is 9.13 Å². The van der Waals surface area contributed by atoms with Crippen molar-refractivity contribution in [2.24, 2.45) is 5.18 Å². The summed E-state index contributed by atoms with van der Waals surface area (Å²) < 4.78 is 0.713. The van der Waals surface area contributed by atoms with Crippen LogP contribution in [0, 0.1) is 19.8 Å². The monoisotopic (exact) mass is 459 g/mol. The molecule has 0 bridgehead atoms. The van der Waals surface area contributed by atoms with Crippen molar-refractivity contribution < 1.29 is 4.79 Å². The zero-order chi connectivity index (χ0) is 18.9. The molecule has 1 N–H and O–H groups in total. The molecular formula is C20H18IN3O2. The summed E-state index contributed by atoms with van der Waals surface area (Å²) in [5.41, 5.74) is 1.85. The lowest BCUT2D eigenvalue weighted by atomic mass is 10.0. The van der Waals surface area contributed by atoms with Crippen molar-refractivity contribution in [1.29, 1.82) is 5.26 Å². The Morgan fingerprint density at radius 3 is 2.65 bits per heavy atom. The first-order valence-corrected chi connectivity index (χ1v) is 9.27. The van der Waals surface area contributed by atoms with Crippen molar-refractivity contribution in [1.82, 2.24) is 5.32 Å². The van der Waals surface area contributed by atoms with E-state index in [-0.39, 0.29) is 17.3 Å². The number of hydrogen-bond donors (Lipinski definition) is 1. The molecule has 2 aromatic rings. The Morgan fingerprint density at radius 1 is 1.31 bits per heavy atom. The Labute approximate surface area is 166 Å². The molecule has 0 spiro atoms. The van der Waals surface area contributed by atoms with Crippen LogP contribution in [-0.4, -0.2) is 5.91 Å². The van der Waals surface area contributed by atoms with Crippen LogP contribution < -0.4 is 5.32 Å². The second-order valence-electron chi connectivity index (χ2n) is 5.70. The lowest BCUT2D eigenvalue weighted by Crippen LogP contribution is -2.29. The van der Waals surface area contributed by atoms with Crippen LogP contribution in [0.5, 0.6) is 0 Å². The van der Waals surface area contributed by atoms with Gasteiger partial charge in [-0.2, -0.15) is 5.26 Å². The summed E-state index contributed by atoms with van der Waals surface area (Å²) in [7, 11) is 0. The van der Waals surface area contributed by atoms with E-state index in [9.17, 15) is 15.0 Å². The Kier molecular flexibility index (Phi) is 7.48. The van der Waals surface area contributed by atoms with E-state index >= 15 is 0 Å². The van der Waals surface area contributed by atoms with E-state index in [4.69, 9.17) is 0 Å². The van der Waals surface area contributed by atoms with Gasteiger partial charge in [0, 0.05) is 3.57 Å². The van der Waals surface area contributed by atoms with Crippen molar-refractivity contribution in [3.63, 3.8) is 0 Å². The molecule has 0 heterocycles. The highest BCUT2D eigenvalue weighted by Crippen LogP contribution is 2.24. The maximum atomic E-state index is 12.6. The number of carbonyl (C=O) groups excluding carboxylic acids is 1. The van der Waals surface area contributed by atoms with E-state index in [0.717, 1.165) is 18.4 Å². The predicted octanol–water partition coefficient (Wildman–Crippen LogP) is 5.25. The fraction of sp³-hybridized carbons (Fsp3) is 0.200. The van der Waals surface area contributed by atoms with E-state index in [1.165, 1.54) is 6.08 Å². The number of nitroso groups, excluding NO2 is 1. The van der Waals surface area contributed by atoms with Crippen LogP contribution in [0.3, 0.4) is 0 Å². The molecule has 1 amide bonds. The fourth-order valence-electron chi connectivity index (χ4n) is 2.54. The number of hydrogen-bond acceptors (Lipinski definition) is 4. The summed E-state index contributed by atoms with van der Waals surface area (Å²) in [6, 6.07) is 16.5. The average Bonchev–Trinajstić information content (AvgIpc) is 2.67. The first-order valence-electron chi connectivity index (χ1n) is 8.19.